The normalized spacial score (nSPS) is 13.1. The van der Waals surface area contributed by atoms with E-state index in [9.17, 15) is 28.3 Å². The Labute approximate surface area is 208 Å². The monoisotopic (exact) mass is 519 g/mol. The molecule has 3 aromatic rings. The van der Waals surface area contributed by atoms with Crippen molar-refractivity contribution >= 4 is 40.1 Å². The van der Waals surface area contributed by atoms with Crippen molar-refractivity contribution < 1.29 is 33.0 Å². The van der Waals surface area contributed by atoms with E-state index in [1.165, 1.54) is 45.0 Å². The molecule has 0 bridgehead atoms. The summed E-state index contributed by atoms with van der Waals surface area (Å²) in [5.41, 5.74) is 11.9. The van der Waals surface area contributed by atoms with Gasteiger partial charge < -0.3 is 32.4 Å². The molecular formula is C23H23F2N5O5S. The number of carbonyl (C=O) groups excluding carboxylic acids is 3. The molecule has 0 radical (unpaired) electrons. The van der Waals surface area contributed by atoms with Crippen LogP contribution in [0.25, 0.3) is 10.4 Å². The lowest BCUT2D eigenvalue weighted by molar-refractivity contribution is -0.135. The Bertz CT molecular complexity index is 1350. The first kappa shape index (κ1) is 26.5. The van der Waals surface area contributed by atoms with Crippen LogP contribution in [0.3, 0.4) is 0 Å². The summed E-state index contributed by atoms with van der Waals surface area (Å²) in [6, 6.07) is 7.51. The molecule has 2 heterocycles. The van der Waals surface area contributed by atoms with Gasteiger partial charge in [0.2, 0.25) is 5.60 Å². The molecule has 36 heavy (non-hydrogen) atoms. The van der Waals surface area contributed by atoms with Gasteiger partial charge in [0.15, 0.2) is 0 Å². The van der Waals surface area contributed by atoms with Gasteiger partial charge in [0.1, 0.15) is 22.5 Å². The summed E-state index contributed by atoms with van der Waals surface area (Å²) < 4.78 is 34.6. The van der Waals surface area contributed by atoms with Crippen molar-refractivity contribution in [3.8, 4) is 10.4 Å². The number of ether oxygens (including phenoxy) is 1. The highest BCUT2D eigenvalue weighted by molar-refractivity contribution is 7.20. The van der Waals surface area contributed by atoms with Gasteiger partial charge in [-0.15, -0.1) is 11.3 Å². The summed E-state index contributed by atoms with van der Waals surface area (Å²) in [6.45, 7) is 3.98. The summed E-state index contributed by atoms with van der Waals surface area (Å²) in [4.78, 5) is 39.6. The van der Waals surface area contributed by atoms with E-state index in [0.29, 0.717) is 0 Å². The number of hydrogen-bond donors (Lipinski definition) is 5. The number of nitrogens with two attached hydrogens (primary N) is 3. The summed E-state index contributed by atoms with van der Waals surface area (Å²) in [5.74, 6) is -3.75. The fourth-order valence-corrected chi connectivity index (χ4v) is 4.39. The molecule has 0 aliphatic rings. The molecule has 13 heteroatoms. The van der Waals surface area contributed by atoms with Gasteiger partial charge in [-0.25, -0.2) is 18.6 Å². The fraction of sp³-hybridized carbons (Fsp3) is 0.217. The molecule has 1 aromatic carbocycles. The Morgan fingerprint density at radius 2 is 1.67 bits per heavy atom. The van der Waals surface area contributed by atoms with Crippen LogP contribution in [0.15, 0.2) is 36.4 Å². The minimum atomic E-state index is -1.99. The average Bonchev–Trinajstić information content (AvgIpc) is 3.15. The largest absolute Gasteiger partial charge is 0.427 e. The number of aliphatic hydroxyl groups is 1. The minimum absolute atomic E-state index is 0.0305. The van der Waals surface area contributed by atoms with Gasteiger partial charge in [0.05, 0.1) is 22.4 Å². The van der Waals surface area contributed by atoms with E-state index in [-0.39, 0.29) is 32.5 Å². The maximum Gasteiger partial charge on any atom is 0.405 e. The number of nitrogens with zero attached hydrogens (tertiary/aromatic N) is 1. The second-order valence-corrected chi connectivity index (χ2v) is 9.50. The number of amides is 3. The Morgan fingerprint density at radius 1 is 1.06 bits per heavy atom. The smallest absolute Gasteiger partial charge is 0.405 e. The maximum atomic E-state index is 14.9. The van der Waals surface area contributed by atoms with Crippen LogP contribution in [0.5, 0.6) is 0 Å². The summed E-state index contributed by atoms with van der Waals surface area (Å²) in [5, 5.41) is 13.0. The number of carbonyl (C=O) groups is 3. The van der Waals surface area contributed by atoms with Gasteiger partial charge in [0, 0.05) is 4.88 Å². The van der Waals surface area contributed by atoms with Crippen molar-refractivity contribution in [1.82, 2.24) is 4.98 Å². The molecule has 0 saturated carbocycles. The van der Waals surface area contributed by atoms with Crippen LogP contribution < -0.4 is 22.5 Å². The zero-order valence-electron chi connectivity index (χ0n) is 19.4. The van der Waals surface area contributed by atoms with Gasteiger partial charge in [-0.1, -0.05) is 6.07 Å². The summed E-state index contributed by atoms with van der Waals surface area (Å²) in [7, 11) is 0. The quantitative estimate of drug-likeness (QED) is 0.303. The molecule has 0 aliphatic heterocycles. The lowest BCUT2D eigenvalue weighted by atomic mass is 9.96. The molecule has 3 amide bonds. The Hall–Kier alpha value is -4.10. The highest BCUT2D eigenvalue weighted by atomic mass is 32.1. The van der Waals surface area contributed by atoms with Crippen LogP contribution in [-0.2, 0) is 20.7 Å². The SMILES string of the molecule is CC(C)(O)c1cc(F)c(-c2cc(C(N)=O)c(Nc3cccc(C(C)(OC(N)=O)C(N)=O)n3)s2)c(F)c1. The van der Waals surface area contributed by atoms with Gasteiger partial charge in [-0.05, 0) is 56.7 Å². The first-order chi connectivity index (χ1) is 16.6. The number of primary amides is 3. The molecule has 0 aliphatic carbocycles. The van der Waals surface area contributed by atoms with E-state index < -0.39 is 46.3 Å². The Balaban J connectivity index is 2.05. The van der Waals surface area contributed by atoms with Crippen molar-refractivity contribution in [2.24, 2.45) is 17.2 Å². The molecule has 0 fully saturated rings. The first-order valence-corrected chi connectivity index (χ1v) is 11.1. The van der Waals surface area contributed by atoms with E-state index in [1.54, 1.807) is 0 Å². The Kier molecular flexibility index (Phi) is 7.00. The van der Waals surface area contributed by atoms with E-state index in [0.717, 1.165) is 23.5 Å². The van der Waals surface area contributed by atoms with Crippen LogP contribution in [-0.4, -0.2) is 28.0 Å². The molecule has 190 valence electrons. The predicted molar refractivity (Wildman–Crippen MR) is 128 cm³/mol. The third kappa shape index (κ3) is 5.26. The van der Waals surface area contributed by atoms with Crippen molar-refractivity contribution in [2.45, 2.75) is 32.0 Å². The van der Waals surface area contributed by atoms with Crippen LogP contribution >= 0.6 is 11.3 Å². The number of thiophene rings is 1. The number of benzene rings is 1. The highest BCUT2D eigenvalue weighted by Crippen LogP contribution is 2.40. The van der Waals surface area contributed by atoms with Crippen molar-refractivity contribution in [1.29, 1.82) is 0 Å². The molecule has 1 atom stereocenters. The second kappa shape index (κ2) is 9.51. The summed E-state index contributed by atoms with van der Waals surface area (Å²) >= 11 is 0.816. The predicted octanol–water partition coefficient (Wildman–Crippen LogP) is 2.95. The van der Waals surface area contributed by atoms with Crippen molar-refractivity contribution in [2.75, 3.05) is 5.32 Å². The van der Waals surface area contributed by atoms with E-state index in [4.69, 9.17) is 21.9 Å². The third-order valence-corrected chi connectivity index (χ3v) is 6.31. The van der Waals surface area contributed by atoms with E-state index in [2.05, 4.69) is 10.3 Å². The molecule has 2 aromatic heterocycles. The highest BCUT2D eigenvalue weighted by Gasteiger charge is 2.39. The van der Waals surface area contributed by atoms with Crippen LogP contribution in [0.4, 0.5) is 24.4 Å². The standard InChI is InChI=1S/C23H23F2N5O5S/c1-22(2,34)10-7-12(24)17(13(25)8-10)14-9-11(18(26)31)19(36-14)30-16-6-4-5-15(29-16)23(3,20(27)32)35-21(28)33/h4-9,34H,1-3H3,(H2,26,31)(H2,27,32)(H2,28,33)(H,29,30). The van der Waals surface area contributed by atoms with Crippen molar-refractivity contribution in [3.05, 3.63) is 64.9 Å². The lowest BCUT2D eigenvalue weighted by Crippen LogP contribution is -2.44. The maximum absolute atomic E-state index is 14.9. The first-order valence-electron chi connectivity index (χ1n) is 10.3. The number of hydrogen-bond acceptors (Lipinski definition) is 8. The van der Waals surface area contributed by atoms with Crippen LogP contribution in [0.1, 0.15) is 42.4 Å². The van der Waals surface area contributed by atoms with E-state index >= 15 is 0 Å². The van der Waals surface area contributed by atoms with Gasteiger partial charge in [-0.3, -0.25) is 9.59 Å². The zero-order valence-corrected chi connectivity index (χ0v) is 20.2. The number of nitrogens with one attached hydrogen (secondary N) is 1. The number of aromatic nitrogens is 1. The third-order valence-electron chi connectivity index (χ3n) is 5.25. The van der Waals surface area contributed by atoms with E-state index in [1.807, 2.05) is 0 Å². The molecule has 10 nitrogen and oxygen atoms in total. The molecular weight excluding hydrogens is 496 g/mol. The fourth-order valence-electron chi connectivity index (χ4n) is 3.27. The number of pyridine rings is 1. The van der Waals surface area contributed by atoms with Gasteiger partial charge >= 0.3 is 6.09 Å². The second-order valence-electron chi connectivity index (χ2n) is 8.44. The number of anilines is 2. The van der Waals surface area contributed by atoms with Gasteiger partial charge in [0.25, 0.3) is 11.8 Å². The Morgan fingerprint density at radius 3 is 2.17 bits per heavy atom. The molecule has 1 unspecified atom stereocenters. The van der Waals surface area contributed by atoms with Gasteiger partial charge in [-0.2, -0.15) is 0 Å². The molecule has 8 N–H and O–H groups in total. The van der Waals surface area contributed by atoms with Crippen molar-refractivity contribution in [3.63, 3.8) is 0 Å². The average molecular weight is 520 g/mol. The number of halogens is 2. The zero-order chi connectivity index (χ0) is 27.0. The van der Waals surface area contributed by atoms with Crippen LogP contribution in [0, 0.1) is 11.6 Å². The lowest BCUT2D eigenvalue weighted by Gasteiger charge is -2.24. The molecule has 3 rings (SSSR count). The topological polar surface area (TPSA) is 184 Å². The minimum Gasteiger partial charge on any atom is -0.427 e. The van der Waals surface area contributed by atoms with Crippen LogP contribution in [0.2, 0.25) is 0 Å². The summed E-state index contributed by atoms with van der Waals surface area (Å²) in [6.07, 6.45) is -1.25. The number of rotatable bonds is 8. The molecule has 0 saturated heterocycles. The molecule has 0 spiro atoms.